The van der Waals surface area contributed by atoms with Gasteiger partial charge in [0.05, 0.1) is 18.9 Å². The smallest absolute Gasteiger partial charge is 0.249 e. The van der Waals surface area contributed by atoms with Gasteiger partial charge in [0.2, 0.25) is 11.9 Å². The number of benzene rings is 1. The number of likely N-dealkylation sites (N-methyl/N-ethyl adjacent to an activating group) is 1. The Hall–Kier alpha value is -3.49. The van der Waals surface area contributed by atoms with Gasteiger partial charge in [-0.15, -0.1) is 0 Å². The van der Waals surface area contributed by atoms with Crippen LogP contribution >= 0.6 is 0 Å². The minimum absolute atomic E-state index is 0.111. The Kier molecular flexibility index (Phi) is 5.01. The summed E-state index contributed by atoms with van der Waals surface area (Å²) in [5.41, 5.74) is 2.76. The quantitative estimate of drug-likeness (QED) is 0.659. The van der Waals surface area contributed by atoms with Gasteiger partial charge >= 0.3 is 0 Å². The van der Waals surface area contributed by atoms with E-state index in [0.717, 1.165) is 42.0 Å². The maximum atomic E-state index is 13.1. The van der Waals surface area contributed by atoms with E-state index >= 15 is 0 Å². The Bertz CT molecular complexity index is 1100. The van der Waals surface area contributed by atoms with E-state index in [1.165, 1.54) is 12.1 Å². The Morgan fingerprint density at radius 2 is 2.03 bits per heavy atom. The van der Waals surface area contributed by atoms with Crippen molar-refractivity contribution in [2.75, 3.05) is 28.2 Å². The zero-order valence-corrected chi connectivity index (χ0v) is 17.3. The Morgan fingerprint density at radius 3 is 2.84 bits per heavy atom. The Morgan fingerprint density at radius 1 is 1.19 bits per heavy atom. The monoisotopic (exact) mass is 421 g/mol. The summed E-state index contributed by atoms with van der Waals surface area (Å²) < 4.78 is 14.9. The molecular formula is C22H24FN7O. The molecule has 5 rings (SSSR count). The number of hydrogen-bond acceptors (Lipinski definition) is 6. The van der Waals surface area contributed by atoms with Crippen molar-refractivity contribution in [1.29, 1.82) is 0 Å². The fourth-order valence-electron chi connectivity index (χ4n) is 4.30. The minimum Gasteiger partial charge on any atom is -0.350 e. The number of nitrogens with one attached hydrogen (secondary N) is 1. The number of aromatic nitrogens is 4. The van der Waals surface area contributed by atoms with Gasteiger partial charge in [-0.05, 0) is 37.5 Å². The normalized spacial score (nSPS) is 17.6. The van der Waals surface area contributed by atoms with Crippen LogP contribution in [-0.2, 0) is 17.9 Å². The van der Waals surface area contributed by atoms with Crippen molar-refractivity contribution in [3.8, 4) is 0 Å². The highest BCUT2D eigenvalue weighted by atomic mass is 19.1. The van der Waals surface area contributed by atoms with Gasteiger partial charge in [0.15, 0.2) is 5.82 Å². The van der Waals surface area contributed by atoms with Gasteiger partial charge in [0, 0.05) is 31.4 Å². The Balaban J connectivity index is 1.29. The highest BCUT2D eigenvalue weighted by Gasteiger charge is 2.41. The number of hydrogen-bond donors (Lipinski definition) is 1. The first-order valence-corrected chi connectivity index (χ1v) is 10.6. The first kappa shape index (κ1) is 19.5. The third kappa shape index (κ3) is 3.71. The molecule has 1 atom stereocenters. The van der Waals surface area contributed by atoms with E-state index in [2.05, 4.69) is 20.3 Å². The maximum absolute atomic E-state index is 13.1. The summed E-state index contributed by atoms with van der Waals surface area (Å²) in [6.07, 6.45) is 7.34. The summed E-state index contributed by atoms with van der Waals surface area (Å²) in [6.45, 7) is 4.53. The average molecular weight is 421 g/mol. The largest absolute Gasteiger partial charge is 0.350 e. The second-order valence-corrected chi connectivity index (χ2v) is 7.86. The molecule has 160 valence electrons. The van der Waals surface area contributed by atoms with Gasteiger partial charge in [-0.2, -0.15) is 10.1 Å². The third-order valence-corrected chi connectivity index (χ3v) is 5.83. The lowest BCUT2D eigenvalue weighted by molar-refractivity contribution is -0.119. The highest BCUT2D eigenvalue weighted by molar-refractivity contribution is 6.05. The molecule has 2 aromatic heterocycles. The number of amides is 1. The molecule has 1 aromatic carbocycles. The van der Waals surface area contributed by atoms with Crippen molar-refractivity contribution in [3.05, 3.63) is 59.8 Å². The van der Waals surface area contributed by atoms with Crippen LogP contribution in [0.3, 0.4) is 0 Å². The molecule has 0 aliphatic carbocycles. The van der Waals surface area contributed by atoms with Crippen LogP contribution < -0.4 is 15.1 Å². The number of halogens is 1. The van der Waals surface area contributed by atoms with Gasteiger partial charge in [-0.3, -0.25) is 9.48 Å². The van der Waals surface area contributed by atoms with Crippen molar-refractivity contribution in [1.82, 2.24) is 19.7 Å². The van der Waals surface area contributed by atoms with Gasteiger partial charge in [0.1, 0.15) is 17.5 Å². The lowest BCUT2D eigenvalue weighted by atomic mass is 10.1. The second-order valence-electron chi connectivity index (χ2n) is 7.86. The number of fused-ring (bicyclic) bond motifs is 3. The van der Waals surface area contributed by atoms with E-state index in [9.17, 15) is 9.18 Å². The molecule has 31 heavy (non-hydrogen) atoms. The van der Waals surface area contributed by atoms with Crippen molar-refractivity contribution in [3.63, 3.8) is 0 Å². The zero-order valence-electron chi connectivity index (χ0n) is 17.3. The molecule has 1 amide bonds. The van der Waals surface area contributed by atoms with Gasteiger partial charge in [-0.1, -0.05) is 12.1 Å². The summed E-state index contributed by atoms with van der Waals surface area (Å²) in [7, 11) is 0. The summed E-state index contributed by atoms with van der Waals surface area (Å²) in [6, 6.07) is 6.30. The summed E-state index contributed by atoms with van der Waals surface area (Å²) in [5, 5.41) is 7.64. The van der Waals surface area contributed by atoms with Gasteiger partial charge in [0.25, 0.3) is 0 Å². The molecule has 9 heteroatoms. The van der Waals surface area contributed by atoms with Crippen LogP contribution in [0.15, 0.2) is 42.9 Å². The van der Waals surface area contributed by atoms with E-state index in [0.29, 0.717) is 25.6 Å². The molecule has 0 unspecified atom stereocenters. The molecule has 1 N–H and O–H groups in total. The van der Waals surface area contributed by atoms with Crippen molar-refractivity contribution < 1.29 is 9.18 Å². The molecule has 8 nitrogen and oxygen atoms in total. The summed E-state index contributed by atoms with van der Waals surface area (Å²) >= 11 is 0. The SMILES string of the molecule is CCN1C(=O)[C@@H]2CCCN2c2nc(NCc3cnn(Cc4ccc(F)cc4)c3)ncc21. The van der Waals surface area contributed by atoms with E-state index in [1.807, 2.05) is 17.8 Å². The minimum atomic E-state index is -0.245. The van der Waals surface area contributed by atoms with Crippen LogP contribution in [0.4, 0.5) is 21.8 Å². The topological polar surface area (TPSA) is 79.2 Å². The molecule has 0 saturated carbocycles. The maximum Gasteiger partial charge on any atom is 0.249 e. The van der Waals surface area contributed by atoms with Crippen molar-refractivity contribution >= 4 is 23.4 Å². The molecule has 1 saturated heterocycles. The second kappa shape index (κ2) is 7.98. The van der Waals surface area contributed by atoms with E-state index in [1.54, 1.807) is 29.4 Å². The predicted octanol–water partition coefficient (Wildman–Crippen LogP) is 2.81. The molecule has 0 bridgehead atoms. The van der Waals surface area contributed by atoms with E-state index in [4.69, 9.17) is 4.98 Å². The zero-order chi connectivity index (χ0) is 21.4. The number of carbonyl (C=O) groups is 1. The van der Waals surface area contributed by atoms with Crippen LogP contribution in [0, 0.1) is 5.82 Å². The molecule has 1 fully saturated rings. The molecule has 2 aliphatic rings. The van der Waals surface area contributed by atoms with Crippen LogP contribution in [0.1, 0.15) is 30.9 Å². The average Bonchev–Trinajstić information content (AvgIpc) is 3.44. The van der Waals surface area contributed by atoms with Crippen LogP contribution in [-0.4, -0.2) is 44.8 Å². The van der Waals surface area contributed by atoms with Gasteiger partial charge < -0.3 is 15.1 Å². The fraction of sp³-hybridized carbons (Fsp3) is 0.364. The molecular weight excluding hydrogens is 397 g/mol. The molecule has 2 aliphatic heterocycles. The van der Waals surface area contributed by atoms with Crippen molar-refractivity contribution in [2.24, 2.45) is 0 Å². The molecule has 3 aromatic rings. The molecule has 0 radical (unpaired) electrons. The fourth-order valence-corrected chi connectivity index (χ4v) is 4.30. The predicted molar refractivity (Wildman–Crippen MR) is 115 cm³/mol. The van der Waals surface area contributed by atoms with E-state index < -0.39 is 0 Å². The van der Waals surface area contributed by atoms with Gasteiger partial charge in [-0.25, -0.2) is 9.37 Å². The number of rotatable bonds is 6. The third-order valence-electron chi connectivity index (χ3n) is 5.83. The van der Waals surface area contributed by atoms with E-state index in [-0.39, 0.29) is 17.8 Å². The van der Waals surface area contributed by atoms with Crippen molar-refractivity contribution in [2.45, 2.75) is 38.9 Å². The van der Waals surface area contributed by atoms with Crippen LogP contribution in [0.2, 0.25) is 0 Å². The standard InChI is InChI=1S/C22H24FN7O/c1-2-29-19-12-25-22(27-20(19)30-9-3-4-18(30)21(29)31)24-10-16-11-26-28(14-16)13-15-5-7-17(23)8-6-15/h5-8,11-12,14,18H,2-4,9-10,13H2,1H3,(H,24,25,27)/t18-/m0/s1. The molecule has 4 heterocycles. The first-order chi connectivity index (χ1) is 15.1. The first-order valence-electron chi connectivity index (χ1n) is 10.6. The Labute approximate surface area is 179 Å². The van der Waals surface area contributed by atoms with Crippen LogP contribution in [0.25, 0.3) is 0 Å². The lowest BCUT2D eigenvalue weighted by Gasteiger charge is -2.37. The highest BCUT2D eigenvalue weighted by Crippen LogP contribution is 2.38. The number of anilines is 3. The summed E-state index contributed by atoms with van der Waals surface area (Å²) in [4.78, 5) is 25.8. The lowest BCUT2D eigenvalue weighted by Crippen LogP contribution is -2.51. The number of nitrogens with zero attached hydrogens (tertiary/aromatic N) is 6. The molecule has 0 spiro atoms. The summed E-state index contributed by atoms with van der Waals surface area (Å²) in [5.74, 6) is 1.26. The number of carbonyl (C=O) groups excluding carboxylic acids is 1. The van der Waals surface area contributed by atoms with Crippen LogP contribution in [0.5, 0.6) is 0 Å².